The molecular formula is C20H29N3O3. The largest absolute Gasteiger partial charge is 0.492 e. The summed E-state index contributed by atoms with van der Waals surface area (Å²) in [6, 6.07) is 5.85. The molecule has 1 aromatic rings. The highest BCUT2D eigenvalue weighted by molar-refractivity contribution is 5.94. The third-order valence-corrected chi connectivity index (χ3v) is 5.38. The molecule has 3 N–H and O–H groups in total. The second-order valence-corrected chi connectivity index (χ2v) is 7.38. The van der Waals surface area contributed by atoms with Crippen molar-refractivity contribution in [2.75, 3.05) is 26.2 Å². The van der Waals surface area contributed by atoms with E-state index in [0.717, 1.165) is 24.9 Å². The van der Waals surface area contributed by atoms with Crippen molar-refractivity contribution in [2.45, 2.75) is 45.1 Å². The first-order valence-electron chi connectivity index (χ1n) is 9.59. The Kier molecular flexibility index (Phi) is 6.14. The number of carbonyl (C=O) groups is 2. The average molecular weight is 359 g/mol. The zero-order valence-corrected chi connectivity index (χ0v) is 15.5. The number of nitrogens with two attached hydrogens (primary N) is 1. The molecule has 0 spiro atoms. The van der Waals surface area contributed by atoms with E-state index in [1.165, 1.54) is 12.8 Å². The van der Waals surface area contributed by atoms with Crippen LogP contribution in [0.5, 0.6) is 5.75 Å². The van der Waals surface area contributed by atoms with E-state index in [9.17, 15) is 9.59 Å². The van der Waals surface area contributed by atoms with Gasteiger partial charge in [-0.25, -0.2) is 0 Å². The van der Waals surface area contributed by atoms with Gasteiger partial charge in [-0.1, -0.05) is 18.9 Å². The van der Waals surface area contributed by atoms with Crippen LogP contribution in [0.2, 0.25) is 0 Å². The van der Waals surface area contributed by atoms with E-state index in [-0.39, 0.29) is 17.7 Å². The van der Waals surface area contributed by atoms with Crippen molar-refractivity contribution in [1.82, 2.24) is 10.2 Å². The maximum Gasteiger partial charge on any atom is 0.251 e. The molecule has 1 heterocycles. The normalized spacial score (nSPS) is 20.6. The summed E-state index contributed by atoms with van der Waals surface area (Å²) in [6.07, 6.45) is 5.23. The number of hydrogen-bond donors (Lipinski definition) is 2. The predicted octanol–water partition coefficient (Wildman–Crippen LogP) is 1.85. The van der Waals surface area contributed by atoms with Crippen LogP contribution in [0.1, 0.15) is 48.0 Å². The molecule has 0 bridgehead atoms. The standard InChI is InChI=1S/C20H29N3O3/c1-14-6-7-16(11-18(14)26-9-8-21)20(25)22-12-15-10-19(24)23(13-15)17-4-2-3-5-17/h6-7,11,15,17H,2-5,8-10,12-13,21H2,1H3,(H,22,25). The Balaban J connectivity index is 1.53. The van der Waals surface area contributed by atoms with Crippen molar-refractivity contribution in [2.24, 2.45) is 11.7 Å². The number of nitrogens with zero attached hydrogens (tertiary/aromatic N) is 1. The van der Waals surface area contributed by atoms with Crippen LogP contribution < -0.4 is 15.8 Å². The highest BCUT2D eigenvalue weighted by atomic mass is 16.5. The lowest BCUT2D eigenvalue weighted by Gasteiger charge is -2.24. The van der Waals surface area contributed by atoms with Gasteiger partial charge in [0.1, 0.15) is 12.4 Å². The molecule has 26 heavy (non-hydrogen) atoms. The van der Waals surface area contributed by atoms with Gasteiger partial charge in [0, 0.05) is 43.6 Å². The molecule has 1 atom stereocenters. The molecule has 0 radical (unpaired) electrons. The zero-order valence-electron chi connectivity index (χ0n) is 15.5. The Labute approximate surface area is 155 Å². The van der Waals surface area contributed by atoms with E-state index in [1.54, 1.807) is 12.1 Å². The van der Waals surface area contributed by atoms with Gasteiger partial charge in [0.2, 0.25) is 5.91 Å². The first kappa shape index (κ1) is 18.7. The molecule has 0 aromatic heterocycles. The fourth-order valence-electron chi connectivity index (χ4n) is 3.92. The summed E-state index contributed by atoms with van der Waals surface area (Å²) in [6.45, 7) is 4.09. The molecule has 2 aliphatic rings. The van der Waals surface area contributed by atoms with Gasteiger partial charge in [-0.05, 0) is 37.5 Å². The van der Waals surface area contributed by atoms with E-state index >= 15 is 0 Å². The Morgan fingerprint density at radius 1 is 1.35 bits per heavy atom. The van der Waals surface area contributed by atoms with Gasteiger partial charge in [-0.15, -0.1) is 0 Å². The molecule has 142 valence electrons. The fourth-order valence-corrected chi connectivity index (χ4v) is 3.92. The number of likely N-dealkylation sites (tertiary alicyclic amines) is 1. The summed E-state index contributed by atoms with van der Waals surface area (Å²) < 4.78 is 5.58. The topological polar surface area (TPSA) is 84.7 Å². The highest BCUT2D eigenvalue weighted by Crippen LogP contribution is 2.29. The quantitative estimate of drug-likeness (QED) is 0.778. The van der Waals surface area contributed by atoms with E-state index in [0.29, 0.717) is 43.5 Å². The SMILES string of the molecule is Cc1ccc(C(=O)NCC2CC(=O)N(C3CCCC3)C2)cc1OCCN. The number of benzene rings is 1. The Morgan fingerprint density at radius 3 is 2.85 bits per heavy atom. The van der Waals surface area contributed by atoms with Gasteiger partial charge >= 0.3 is 0 Å². The Bertz CT molecular complexity index is 656. The molecule has 2 amide bonds. The number of aryl methyl sites for hydroxylation is 1. The molecule has 1 saturated heterocycles. The minimum absolute atomic E-state index is 0.130. The molecule has 1 saturated carbocycles. The van der Waals surface area contributed by atoms with Crippen LogP contribution in [0.25, 0.3) is 0 Å². The molecular weight excluding hydrogens is 330 g/mol. The van der Waals surface area contributed by atoms with Crippen molar-refractivity contribution in [3.8, 4) is 5.75 Å². The van der Waals surface area contributed by atoms with Crippen molar-refractivity contribution in [3.05, 3.63) is 29.3 Å². The first-order chi connectivity index (χ1) is 12.6. The summed E-state index contributed by atoms with van der Waals surface area (Å²) >= 11 is 0. The maximum absolute atomic E-state index is 12.5. The molecule has 1 aliphatic heterocycles. The van der Waals surface area contributed by atoms with Gasteiger partial charge in [0.05, 0.1) is 0 Å². The number of nitrogens with one attached hydrogen (secondary N) is 1. The molecule has 2 fully saturated rings. The minimum Gasteiger partial charge on any atom is -0.492 e. The third-order valence-electron chi connectivity index (χ3n) is 5.38. The van der Waals surface area contributed by atoms with Gasteiger partial charge in [-0.2, -0.15) is 0 Å². The fraction of sp³-hybridized carbons (Fsp3) is 0.600. The molecule has 1 unspecified atom stereocenters. The van der Waals surface area contributed by atoms with E-state index in [2.05, 4.69) is 5.32 Å². The van der Waals surface area contributed by atoms with E-state index in [1.807, 2.05) is 17.9 Å². The van der Waals surface area contributed by atoms with Crippen LogP contribution >= 0.6 is 0 Å². The summed E-state index contributed by atoms with van der Waals surface area (Å²) in [5.74, 6) is 0.996. The minimum atomic E-state index is -0.130. The molecule has 1 aromatic carbocycles. The van der Waals surface area contributed by atoms with E-state index < -0.39 is 0 Å². The Hall–Kier alpha value is -2.08. The zero-order chi connectivity index (χ0) is 18.5. The maximum atomic E-state index is 12.5. The lowest BCUT2D eigenvalue weighted by atomic mass is 10.1. The van der Waals surface area contributed by atoms with Gasteiger partial charge in [-0.3, -0.25) is 9.59 Å². The van der Waals surface area contributed by atoms with E-state index in [4.69, 9.17) is 10.5 Å². The van der Waals surface area contributed by atoms with Crippen LogP contribution in [0.4, 0.5) is 0 Å². The second-order valence-electron chi connectivity index (χ2n) is 7.38. The lowest BCUT2D eigenvalue weighted by Crippen LogP contribution is -2.36. The van der Waals surface area contributed by atoms with Gasteiger partial charge in [0.25, 0.3) is 5.91 Å². The molecule has 1 aliphatic carbocycles. The first-order valence-corrected chi connectivity index (χ1v) is 9.59. The predicted molar refractivity (Wildman–Crippen MR) is 100 cm³/mol. The van der Waals surface area contributed by atoms with Crippen LogP contribution in [-0.2, 0) is 4.79 Å². The van der Waals surface area contributed by atoms with Crippen LogP contribution in [-0.4, -0.2) is 49.0 Å². The molecule has 6 nitrogen and oxygen atoms in total. The van der Waals surface area contributed by atoms with Crippen LogP contribution in [0, 0.1) is 12.8 Å². The molecule has 3 rings (SSSR count). The van der Waals surface area contributed by atoms with Crippen molar-refractivity contribution < 1.29 is 14.3 Å². The van der Waals surface area contributed by atoms with Gasteiger partial charge < -0.3 is 20.7 Å². The summed E-state index contributed by atoms with van der Waals surface area (Å²) in [7, 11) is 0. The van der Waals surface area contributed by atoms with Gasteiger partial charge in [0.15, 0.2) is 0 Å². The average Bonchev–Trinajstić information content (AvgIpc) is 3.28. The summed E-state index contributed by atoms with van der Waals surface area (Å²) in [4.78, 5) is 26.8. The highest BCUT2D eigenvalue weighted by Gasteiger charge is 2.35. The van der Waals surface area contributed by atoms with Crippen LogP contribution in [0.15, 0.2) is 18.2 Å². The van der Waals surface area contributed by atoms with Crippen molar-refractivity contribution in [1.29, 1.82) is 0 Å². The van der Waals surface area contributed by atoms with Crippen molar-refractivity contribution in [3.63, 3.8) is 0 Å². The number of hydrogen-bond acceptors (Lipinski definition) is 4. The summed E-state index contributed by atoms with van der Waals surface area (Å²) in [5.41, 5.74) is 7.02. The third kappa shape index (κ3) is 4.36. The number of amides is 2. The monoisotopic (exact) mass is 359 g/mol. The molecule has 6 heteroatoms. The second kappa shape index (κ2) is 8.54. The smallest absolute Gasteiger partial charge is 0.251 e. The lowest BCUT2D eigenvalue weighted by molar-refractivity contribution is -0.129. The Morgan fingerprint density at radius 2 is 2.12 bits per heavy atom. The number of rotatable bonds is 7. The van der Waals surface area contributed by atoms with Crippen molar-refractivity contribution >= 4 is 11.8 Å². The summed E-state index contributed by atoms with van der Waals surface area (Å²) in [5, 5.41) is 2.98. The number of ether oxygens (including phenoxy) is 1. The number of carbonyl (C=O) groups excluding carboxylic acids is 2. The van der Waals surface area contributed by atoms with Crippen LogP contribution in [0.3, 0.4) is 0 Å².